The first kappa shape index (κ1) is 15.6. The molecule has 8 heteroatoms. The second-order valence-electron chi connectivity index (χ2n) is 5.70. The third kappa shape index (κ3) is 3.20. The molecular weight excluding hydrogens is 336 g/mol. The zero-order valence-corrected chi connectivity index (χ0v) is 14.5. The fourth-order valence-electron chi connectivity index (χ4n) is 2.58. The summed E-state index contributed by atoms with van der Waals surface area (Å²) >= 11 is 1.70. The van der Waals surface area contributed by atoms with Crippen LogP contribution in [-0.4, -0.2) is 37.0 Å². The number of nitrogens with one attached hydrogen (secondary N) is 1. The second-order valence-corrected chi connectivity index (χ2v) is 6.81. The molecule has 0 spiro atoms. The van der Waals surface area contributed by atoms with Crippen molar-refractivity contribution in [1.82, 2.24) is 29.9 Å². The quantitative estimate of drug-likeness (QED) is 0.558. The number of amides is 1. The van der Waals surface area contributed by atoms with Gasteiger partial charge in [0.2, 0.25) is 5.82 Å². The molecule has 3 heterocycles. The number of carbonyl (C=O) groups excluding carboxylic acids is 1. The van der Waals surface area contributed by atoms with Gasteiger partial charge in [0, 0.05) is 24.9 Å². The number of nitrogens with zero attached hydrogens (tertiary/aromatic N) is 5. The molecule has 25 heavy (non-hydrogen) atoms. The Hall–Kier alpha value is -2.87. The SMILES string of the molecule is Cc1ccn2c(C(=O)NCCCc3nc4ccccc4s3)nnc2n1. The van der Waals surface area contributed by atoms with Gasteiger partial charge in [-0.15, -0.1) is 21.5 Å². The maximum absolute atomic E-state index is 12.3. The third-order valence-corrected chi connectivity index (χ3v) is 4.91. The summed E-state index contributed by atoms with van der Waals surface area (Å²) < 4.78 is 2.79. The standard InChI is InChI=1S/C17H16N6OS/c1-11-8-10-23-15(21-22-17(23)19-11)16(24)18-9-4-7-14-20-12-5-2-3-6-13(12)25-14/h2-3,5-6,8,10H,4,7,9H2,1H3,(H,18,24). The number of aromatic nitrogens is 5. The van der Waals surface area contributed by atoms with Gasteiger partial charge < -0.3 is 5.32 Å². The summed E-state index contributed by atoms with van der Waals surface area (Å²) in [4.78, 5) is 21.1. The van der Waals surface area contributed by atoms with Gasteiger partial charge >= 0.3 is 0 Å². The van der Waals surface area contributed by atoms with E-state index >= 15 is 0 Å². The molecule has 0 aliphatic rings. The van der Waals surface area contributed by atoms with Crippen LogP contribution in [0.1, 0.15) is 27.7 Å². The second kappa shape index (κ2) is 6.56. The minimum atomic E-state index is -0.248. The summed E-state index contributed by atoms with van der Waals surface area (Å²) in [6.07, 6.45) is 3.41. The monoisotopic (exact) mass is 352 g/mol. The van der Waals surface area contributed by atoms with Crippen LogP contribution in [-0.2, 0) is 6.42 Å². The molecular formula is C17H16N6OS. The van der Waals surface area contributed by atoms with Gasteiger partial charge in [-0.1, -0.05) is 12.1 Å². The summed E-state index contributed by atoms with van der Waals surface area (Å²) in [5, 5.41) is 11.8. The van der Waals surface area contributed by atoms with E-state index in [1.807, 2.05) is 31.2 Å². The summed E-state index contributed by atoms with van der Waals surface area (Å²) in [5.41, 5.74) is 1.87. The van der Waals surface area contributed by atoms with Crippen LogP contribution >= 0.6 is 11.3 Å². The smallest absolute Gasteiger partial charge is 0.289 e. The van der Waals surface area contributed by atoms with E-state index < -0.39 is 0 Å². The van der Waals surface area contributed by atoms with Crippen molar-refractivity contribution in [1.29, 1.82) is 0 Å². The lowest BCUT2D eigenvalue weighted by atomic mass is 10.3. The Balaban J connectivity index is 1.35. The number of fused-ring (bicyclic) bond motifs is 2. The number of benzene rings is 1. The van der Waals surface area contributed by atoms with Crippen LogP contribution < -0.4 is 5.32 Å². The molecule has 1 N–H and O–H groups in total. The van der Waals surface area contributed by atoms with Crippen LogP contribution in [0.3, 0.4) is 0 Å². The average molecular weight is 352 g/mol. The molecule has 0 radical (unpaired) electrons. The minimum absolute atomic E-state index is 0.248. The fraction of sp³-hybridized carbons (Fsp3) is 0.235. The Bertz CT molecular complexity index is 1020. The summed E-state index contributed by atoms with van der Waals surface area (Å²) in [6.45, 7) is 2.43. The van der Waals surface area contributed by atoms with Crippen molar-refractivity contribution in [2.45, 2.75) is 19.8 Å². The highest BCUT2D eigenvalue weighted by Crippen LogP contribution is 2.22. The number of carbonyl (C=O) groups is 1. The summed E-state index contributed by atoms with van der Waals surface area (Å²) in [7, 11) is 0. The van der Waals surface area contributed by atoms with Crippen molar-refractivity contribution in [2.75, 3.05) is 6.54 Å². The van der Waals surface area contributed by atoms with Crippen LogP contribution in [0.2, 0.25) is 0 Å². The zero-order valence-electron chi connectivity index (χ0n) is 13.6. The van der Waals surface area contributed by atoms with Crippen molar-refractivity contribution >= 4 is 33.2 Å². The van der Waals surface area contributed by atoms with Crippen molar-refractivity contribution in [3.8, 4) is 0 Å². The molecule has 3 aromatic heterocycles. The minimum Gasteiger partial charge on any atom is -0.349 e. The first-order chi connectivity index (χ1) is 12.2. The average Bonchev–Trinajstić information content (AvgIpc) is 3.21. The zero-order chi connectivity index (χ0) is 17.2. The van der Waals surface area contributed by atoms with Gasteiger partial charge in [-0.3, -0.25) is 9.20 Å². The highest BCUT2D eigenvalue weighted by atomic mass is 32.1. The molecule has 1 amide bonds. The lowest BCUT2D eigenvalue weighted by molar-refractivity contribution is 0.0941. The van der Waals surface area contributed by atoms with Crippen molar-refractivity contribution in [3.05, 3.63) is 53.1 Å². The number of rotatable bonds is 5. The molecule has 0 bridgehead atoms. The Labute approximate surface area is 147 Å². The molecule has 4 rings (SSSR count). The van der Waals surface area contributed by atoms with Gasteiger partial charge in [-0.05, 0) is 31.5 Å². The number of aryl methyl sites for hydroxylation is 2. The van der Waals surface area contributed by atoms with Crippen LogP contribution in [0, 0.1) is 6.92 Å². The van der Waals surface area contributed by atoms with Gasteiger partial charge in [0.05, 0.1) is 15.2 Å². The van der Waals surface area contributed by atoms with E-state index in [1.54, 1.807) is 21.9 Å². The number of hydrogen-bond acceptors (Lipinski definition) is 6. The normalized spacial score (nSPS) is 11.2. The Kier molecular flexibility index (Phi) is 4.10. The number of hydrogen-bond donors (Lipinski definition) is 1. The Morgan fingerprint density at radius 2 is 2.08 bits per heavy atom. The van der Waals surface area contributed by atoms with Crippen LogP contribution in [0.5, 0.6) is 0 Å². The highest BCUT2D eigenvalue weighted by molar-refractivity contribution is 7.18. The van der Waals surface area contributed by atoms with Gasteiger partial charge in [0.25, 0.3) is 11.7 Å². The van der Waals surface area contributed by atoms with Crippen LogP contribution in [0.4, 0.5) is 0 Å². The molecule has 0 atom stereocenters. The summed E-state index contributed by atoms with van der Waals surface area (Å²) in [6, 6.07) is 9.92. The molecule has 7 nitrogen and oxygen atoms in total. The van der Waals surface area contributed by atoms with Crippen LogP contribution in [0.25, 0.3) is 16.0 Å². The maximum Gasteiger partial charge on any atom is 0.289 e. The molecule has 0 unspecified atom stereocenters. The first-order valence-electron chi connectivity index (χ1n) is 8.02. The van der Waals surface area contributed by atoms with E-state index in [9.17, 15) is 4.79 Å². The van der Waals surface area contributed by atoms with E-state index in [1.165, 1.54) is 4.70 Å². The van der Waals surface area contributed by atoms with Gasteiger partial charge in [0.1, 0.15) is 0 Å². The van der Waals surface area contributed by atoms with E-state index in [0.717, 1.165) is 29.1 Å². The van der Waals surface area contributed by atoms with Crippen molar-refractivity contribution in [2.24, 2.45) is 0 Å². The van der Waals surface area contributed by atoms with Gasteiger partial charge in [-0.2, -0.15) is 0 Å². The van der Waals surface area contributed by atoms with Crippen molar-refractivity contribution < 1.29 is 4.79 Å². The molecule has 0 fully saturated rings. The molecule has 0 saturated carbocycles. The molecule has 0 aliphatic carbocycles. The number of thiazole rings is 1. The molecule has 0 saturated heterocycles. The topological polar surface area (TPSA) is 85.1 Å². The van der Waals surface area contributed by atoms with E-state index in [2.05, 4.69) is 31.5 Å². The van der Waals surface area contributed by atoms with Gasteiger partial charge in [-0.25, -0.2) is 9.97 Å². The van der Waals surface area contributed by atoms with Crippen molar-refractivity contribution in [3.63, 3.8) is 0 Å². The van der Waals surface area contributed by atoms with Gasteiger partial charge in [0.15, 0.2) is 0 Å². The largest absolute Gasteiger partial charge is 0.349 e. The lowest BCUT2D eigenvalue weighted by Crippen LogP contribution is -2.26. The molecule has 1 aromatic carbocycles. The molecule has 126 valence electrons. The predicted octanol–water partition coefficient (Wildman–Crippen LogP) is 2.41. The van der Waals surface area contributed by atoms with E-state index in [4.69, 9.17) is 0 Å². The fourth-order valence-corrected chi connectivity index (χ4v) is 3.59. The molecule has 4 aromatic rings. The first-order valence-corrected chi connectivity index (χ1v) is 8.83. The maximum atomic E-state index is 12.3. The number of para-hydroxylation sites is 1. The predicted molar refractivity (Wildman–Crippen MR) is 95.8 cm³/mol. The van der Waals surface area contributed by atoms with E-state index in [0.29, 0.717) is 12.3 Å². The third-order valence-electron chi connectivity index (χ3n) is 3.81. The Morgan fingerprint density at radius 1 is 1.20 bits per heavy atom. The summed E-state index contributed by atoms with van der Waals surface area (Å²) in [5.74, 6) is 0.435. The lowest BCUT2D eigenvalue weighted by Gasteiger charge is -2.03. The molecule has 0 aliphatic heterocycles. The van der Waals surface area contributed by atoms with Crippen LogP contribution in [0.15, 0.2) is 36.5 Å². The Morgan fingerprint density at radius 3 is 2.96 bits per heavy atom. The highest BCUT2D eigenvalue weighted by Gasteiger charge is 2.14. The van der Waals surface area contributed by atoms with E-state index in [-0.39, 0.29) is 11.7 Å².